The molecule has 11 heteroatoms. The first kappa shape index (κ1) is 28.1. The van der Waals surface area contributed by atoms with E-state index in [2.05, 4.69) is 15.2 Å². The van der Waals surface area contributed by atoms with E-state index in [1.807, 2.05) is 12.1 Å². The van der Waals surface area contributed by atoms with Gasteiger partial charge in [0.2, 0.25) is 11.6 Å². The number of nitrogens with zero attached hydrogens (tertiary/aromatic N) is 2. The summed E-state index contributed by atoms with van der Waals surface area (Å²) in [5.74, 6) is -2.78. The summed E-state index contributed by atoms with van der Waals surface area (Å²) < 4.78 is 12.5. The fraction of sp³-hybridized carbons (Fsp3) is 0.312. The molecule has 11 nitrogen and oxygen atoms in total. The summed E-state index contributed by atoms with van der Waals surface area (Å²) >= 11 is 0. The maximum absolute atomic E-state index is 13.4. The van der Waals surface area contributed by atoms with Crippen molar-refractivity contribution >= 4 is 45.9 Å². The van der Waals surface area contributed by atoms with E-state index in [4.69, 9.17) is 14.1 Å². The highest BCUT2D eigenvalue weighted by molar-refractivity contribution is 6.79. The van der Waals surface area contributed by atoms with Gasteiger partial charge in [-0.05, 0) is 54.8 Å². The van der Waals surface area contributed by atoms with Gasteiger partial charge in [0.25, 0.3) is 11.7 Å². The van der Waals surface area contributed by atoms with E-state index in [9.17, 15) is 24.0 Å². The molecule has 2 aromatic heterocycles. The van der Waals surface area contributed by atoms with Crippen LogP contribution in [-0.4, -0.2) is 58.0 Å². The third-order valence-corrected chi connectivity index (χ3v) is 8.14. The third-order valence-electron chi connectivity index (χ3n) is 8.14. The van der Waals surface area contributed by atoms with Gasteiger partial charge in [-0.2, -0.15) is 0 Å². The number of rotatable bonds is 9. The highest BCUT2D eigenvalue weighted by Crippen LogP contribution is 2.36. The zero-order chi connectivity index (χ0) is 30.1. The summed E-state index contributed by atoms with van der Waals surface area (Å²) in [6.07, 6.45) is 9.09. The number of esters is 1. The number of hydrogen-bond donors (Lipinski definition) is 2. The van der Waals surface area contributed by atoms with Crippen LogP contribution in [0.3, 0.4) is 0 Å². The first-order valence-corrected chi connectivity index (χ1v) is 14.2. The molecule has 2 saturated carbocycles. The van der Waals surface area contributed by atoms with Crippen LogP contribution < -0.4 is 10.6 Å². The topological polar surface area (TPSA) is 150 Å². The average Bonchev–Trinajstić information content (AvgIpc) is 3.71. The second-order valence-electron chi connectivity index (χ2n) is 10.9. The minimum Gasteiger partial charge on any atom is -0.472 e. The van der Waals surface area contributed by atoms with Crippen molar-refractivity contribution in [2.45, 2.75) is 56.7 Å². The molecule has 0 aliphatic heterocycles. The molecule has 0 bridgehead atoms. The molecule has 1 amide bonds. The van der Waals surface area contributed by atoms with E-state index in [1.54, 1.807) is 48.9 Å². The number of ketones is 3. The van der Waals surface area contributed by atoms with E-state index in [0.29, 0.717) is 28.4 Å². The zero-order valence-corrected chi connectivity index (χ0v) is 23.5. The number of benzene rings is 2. The van der Waals surface area contributed by atoms with Crippen molar-refractivity contribution in [2.24, 2.45) is 0 Å². The number of aromatic nitrogens is 2. The molecule has 1 atom stereocenters. The summed E-state index contributed by atoms with van der Waals surface area (Å²) in [5.41, 5.74) is 4.02. The Labute approximate surface area is 246 Å². The zero-order valence-electron chi connectivity index (χ0n) is 23.5. The molecule has 6 rings (SSSR count). The monoisotopic (exact) mass is 582 g/mol. The highest BCUT2D eigenvalue weighted by atomic mass is 16.5. The Hall–Kier alpha value is -5.06. The predicted octanol–water partition coefficient (Wildman–Crippen LogP) is 3.82. The van der Waals surface area contributed by atoms with Crippen LogP contribution in [0.1, 0.15) is 54.1 Å². The predicted molar refractivity (Wildman–Crippen MR) is 155 cm³/mol. The number of imidazole rings is 1. The fourth-order valence-corrected chi connectivity index (χ4v) is 5.82. The molecule has 2 heterocycles. The largest absolute Gasteiger partial charge is 0.472 e. The van der Waals surface area contributed by atoms with Crippen LogP contribution in [0, 0.1) is 0 Å². The van der Waals surface area contributed by atoms with Gasteiger partial charge in [0, 0.05) is 23.7 Å². The number of furan rings is 1. The Bertz CT molecular complexity index is 1700. The number of ether oxygens (including phenoxy) is 1. The molecule has 2 N–H and O–H groups in total. The van der Waals surface area contributed by atoms with Crippen molar-refractivity contribution in [1.82, 2.24) is 14.9 Å². The standard InChI is InChI=1S/C32H30N4O7/c1-42-32(41)24(15-18-7-10-21(11-8-18)33-26-27(37)29(39)28(26)38)35-31(40)19-9-12-25-23(16-19)34-30(20-13-14-43-17-20)36(25)22-5-3-2-4-6-22/h7-14,16-17,22,24,26,33H,2-6,15H2,1H3,(H,35,40)/t24-/m0/s1. The minimum atomic E-state index is -1.16. The van der Waals surface area contributed by atoms with Gasteiger partial charge in [-0.3, -0.25) is 19.2 Å². The molecular formula is C32H30N4O7. The van der Waals surface area contributed by atoms with Crippen LogP contribution in [-0.2, 0) is 30.3 Å². The lowest BCUT2D eigenvalue weighted by Crippen LogP contribution is -2.57. The number of Topliss-reactive ketones (excluding diaryl/α,β-unsaturated/α-hetero) is 3. The van der Waals surface area contributed by atoms with Crippen molar-refractivity contribution in [1.29, 1.82) is 0 Å². The number of amides is 1. The van der Waals surface area contributed by atoms with Gasteiger partial charge in [-0.15, -0.1) is 0 Å². The molecule has 2 aromatic carbocycles. The second-order valence-corrected chi connectivity index (χ2v) is 10.9. The van der Waals surface area contributed by atoms with Crippen LogP contribution >= 0.6 is 0 Å². The van der Waals surface area contributed by atoms with E-state index in [0.717, 1.165) is 42.6 Å². The van der Waals surface area contributed by atoms with E-state index >= 15 is 0 Å². The Morgan fingerprint density at radius 3 is 2.44 bits per heavy atom. The van der Waals surface area contributed by atoms with E-state index < -0.39 is 41.3 Å². The van der Waals surface area contributed by atoms with Crippen LogP contribution in [0.25, 0.3) is 22.4 Å². The Balaban J connectivity index is 1.20. The van der Waals surface area contributed by atoms with Crippen molar-refractivity contribution in [3.8, 4) is 11.4 Å². The normalized spacial score (nSPS) is 16.6. The van der Waals surface area contributed by atoms with Crippen LogP contribution in [0.4, 0.5) is 5.69 Å². The van der Waals surface area contributed by atoms with Crippen molar-refractivity contribution in [3.05, 3.63) is 72.2 Å². The summed E-state index contributed by atoms with van der Waals surface area (Å²) in [4.78, 5) is 65.3. The molecule has 0 radical (unpaired) electrons. The quantitative estimate of drug-likeness (QED) is 0.171. The molecule has 2 fully saturated rings. The molecule has 0 unspecified atom stereocenters. The van der Waals surface area contributed by atoms with Gasteiger partial charge in [0.15, 0.2) is 6.04 Å². The van der Waals surface area contributed by atoms with E-state index in [-0.39, 0.29) is 6.42 Å². The first-order valence-electron chi connectivity index (χ1n) is 14.2. The Kier molecular flexibility index (Phi) is 7.62. The molecule has 4 aromatic rings. The number of carbonyl (C=O) groups is 5. The smallest absolute Gasteiger partial charge is 0.328 e. The molecular weight excluding hydrogens is 552 g/mol. The van der Waals surface area contributed by atoms with Gasteiger partial charge in [-0.25, -0.2) is 9.78 Å². The van der Waals surface area contributed by atoms with Gasteiger partial charge in [0.1, 0.15) is 18.1 Å². The lowest BCUT2D eigenvalue weighted by Gasteiger charge is -2.25. The van der Waals surface area contributed by atoms with Crippen molar-refractivity contribution < 1.29 is 33.1 Å². The summed E-state index contributed by atoms with van der Waals surface area (Å²) in [6.45, 7) is 0. The molecule has 0 spiro atoms. The first-order chi connectivity index (χ1) is 20.8. The maximum atomic E-state index is 13.4. The Morgan fingerprint density at radius 2 is 1.77 bits per heavy atom. The van der Waals surface area contributed by atoms with Gasteiger partial charge in [-0.1, -0.05) is 31.4 Å². The van der Waals surface area contributed by atoms with E-state index in [1.165, 1.54) is 13.5 Å². The maximum Gasteiger partial charge on any atom is 0.328 e. The minimum absolute atomic E-state index is 0.141. The molecule has 220 valence electrons. The summed E-state index contributed by atoms with van der Waals surface area (Å²) in [7, 11) is 1.25. The fourth-order valence-electron chi connectivity index (χ4n) is 5.82. The number of hydrogen-bond acceptors (Lipinski definition) is 9. The van der Waals surface area contributed by atoms with Crippen molar-refractivity contribution in [3.63, 3.8) is 0 Å². The molecule has 43 heavy (non-hydrogen) atoms. The van der Waals surface area contributed by atoms with Crippen LogP contribution in [0.15, 0.2) is 65.5 Å². The number of carbonyl (C=O) groups excluding carboxylic acids is 5. The number of anilines is 1. The number of methoxy groups -OCH3 is 1. The highest BCUT2D eigenvalue weighted by Gasteiger charge is 2.48. The summed E-state index contributed by atoms with van der Waals surface area (Å²) in [5, 5.41) is 5.52. The van der Waals surface area contributed by atoms with Gasteiger partial charge < -0.3 is 24.4 Å². The van der Waals surface area contributed by atoms with Crippen LogP contribution in [0.2, 0.25) is 0 Å². The second kappa shape index (κ2) is 11.7. The number of fused-ring (bicyclic) bond motifs is 1. The van der Waals surface area contributed by atoms with Crippen LogP contribution in [0.5, 0.6) is 0 Å². The molecule has 0 saturated heterocycles. The third kappa shape index (κ3) is 5.45. The SMILES string of the molecule is COC(=O)[C@H](Cc1ccc(NC2C(=O)C(=O)C2=O)cc1)NC(=O)c1ccc2c(c1)nc(-c1ccoc1)n2C1CCCCC1. The molecule has 2 aliphatic rings. The van der Waals surface area contributed by atoms with Crippen molar-refractivity contribution in [2.75, 3.05) is 12.4 Å². The lowest BCUT2D eigenvalue weighted by molar-refractivity contribution is -0.152. The summed E-state index contributed by atoms with van der Waals surface area (Å²) in [6, 6.07) is 12.1. The number of nitrogens with one attached hydrogen (secondary N) is 2. The average molecular weight is 583 g/mol. The molecule has 2 aliphatic carbocycles. The lowest BCUT2D eigenvalue weighted by atomic mass is 9.87. The van der Waals surface area contributed by atoms with Gasteiger partial charge >= 0.3 is 5.97 Å². The Morgan fingerprint density at radius 1 is 1.02 bits per heavy atom. The van der Waals surface area contributed by atoms with Gasteiger partial charge in [0.05, 0.1) is 30.0 Å².